The van der Waals surface area contributed by atoms with Crippen molar-refractivity contribution in [1.82, 2.24) is 10.2 Å². The van der Waals surface area contributed by atoms with Gasteiger partial charge in [0.25, 0.3) is 5.91 Å². The fourth-order valence-corrected chi connectivity index (χ4v) is 3.64. The molecule has 1 N–H and O–H groups in total. The van der Waals surface area contributed by atoms with Gasteiger partial charge in [-0.05, 0) is 56.0 Å². The maximum atomic E-state index is 12.4. The summed E-state index contributed by atoms with van der Waals surface area (Å²) < 4.78 is 5.76. The fourth-order valence-electron chi connectivity index (χ4n) is 3.45. The Morgan fingerprint density at radius 1 is 1.14 bits per heavy atom. The first-order chi connectivity index (χ1) is 14.0. The average Bonchev–Trinajstić information content (AvgIpc) is 2.73. The molecule has 1 aliphatic rings. The van der Waals surface area contributed by atoms with E-state index in [0.717, 1.165) is 24.2 Å². The number of piperidine rings is 1. The van der Waals surface area contributed by atoms with Crippen molar-refractivity contribution in [3.63, 3.8) is 0 Å². The highest BCUT2D eigenvalue weighted by Crippen LogP contribution is 2.17. The van der Waals surface area contributed by atoms with E-state index >= 15 is 0 Å². The fraction of sp³-hybridized carbons (Fsp3) is 0.391. The molecule has 0 spiro atoms. The van der Waals surface area contributed by atoms with E-state index in [9.17, 15) is 9.59 Å². The molecule has 2 aromatic rings. The molecule has 2 aromatic carbocycles. The first-order valence-corrected chi connectivity index (χ1v) is 10.4. The van der Waals surface area contributed by atoms with Gasteiger partial charge < -0.3 is 15.0 Å². The van der Waals surface area contributed by atoms with Crippen LogP contribution in [-0.2, 0) is 4.79 Å². The zero-order valence-electron chi connectivity index (χ0n) is 16.7. The van der Waals surface area contributed by atoms with E-state index in [4.69, 9.17) is 16.3 Å². The summed E-state index contributed by atoms with van der Waals surface area (Å²) in [5.41, 5.74) is 1.66. The third-order valence-electron chi connectivity index (χ3n) is 5.16. The van der Waals surface area contributed by atoms with Crippen LogP contribution in [0.5, 0.6) is 5.75 Å². The molecule has 1 fully saturated rings. The number of halogens is 1. The van der Waals surface area contributed by atoms with Gasteiger partial charge in [0.05, 0.1) is 6.61 Å². The molecule has 2 amide bonds. The number of likely N-dealkylation sites (tertiary alicyclic amines) is 1. The van der Waals surface area contributed by atoms with Crippen LogP contribution in [0.1, 0.15) is 41.6 Å². The molecular formula is C23H27ClN2O3. The van der Waals surface area contributed by atoms with Gasteiger partial charge in [-0.3, -0.25) is 9.59 Å². The molecule has 0 bridgehead atoms. The summed E-state index contributed by atoms with van der Waals surface area (Å²) in [7, 11) is 0. The molecule has 1 saturated heterocycles. The molecule has 3 rings (SSSR count). The summed E-state index contributed by atoms with van der Waals surface area (Å²) >= 11 is 5.95. The number of nitrogens with one attached hydrogen (secondary N) is 1. The van der Waals surface area contributed by atoms with Crippen molar-refractivity contribution in [1.29, 1.82) is 0 Å². The van der Waals surface area contributed by atoms with Crippen LogP contribution in [-0.4, -0.2) is 42.5 Å². The number of benzene rings is 2. The lowest BCUT2D eigenvalue weighted by Crippen LogP contribution is -2.46. The molecule has 29 heavy (non-hydrogen) atoms. The number of carbonyl (C=O) groups excluding carboxylic acids is 2. The van der Waals surface area contributed by atoms with Gasteiger partial charge in [-0.1, -0.05) is 35.9 Å². The Hall–Kier alpha value is -2.53. The quantitative estimate of drug-likeness (QED) is 0.690. The Morgan fingerprint density at radius 3 is 2.62 bits per heavy atom. The zero-order valence-corrected chi connectivity index (χ0v) is 17.5. The minimum absolute atomic E-state index is 0.0786. The van der Waals surface area contributed by atoms with E-state index in [2.05, 4.69) is 5.32 Å². The minimum Gasteiger partial charge on any atom is -0.493 e. The first-order valence-electron chi connectivity index (χ1n) is 10.1. The molecule has 0 radical (unpaired) electrons. The first kappa shape index (κ1) is 21.2. The van der Waals surface area contributed by atoms with Crippen molar-refractivity contribution in [2.24, 2.45) is 0 Å². The van der Waals surface area contributed by atoms with Crippen LogP contribution >= 0.6 is 11.6 Å². The second-order valence-corrected chi connectivity index (χ2v) is 7.79. The Bertz CT molecular complexity index is 848. The molecule has 1 heterocycles. The van der Waals surface area contributed by atoms with E-state index in [1.165, 1.54) is 0 Å². The average molecular weight is 415 g/mol. The van der Waals surface area contributed by atoms with Crippen molar-refractivity contribution in [3.8, 4) is 5.75 Å². The molecule has 0 atom stereocenters. The van der Waals surface area contributed by atoms with Crippen LogP contribution in [0.3, 0.4) is 0 Å². The van der Waals surface area contributed by atoms with Crippen LogP contribution in [0.15, 0.2) is 48.5 Å². The largest absolute Gasteiger partial charge is 0.493 e. The number of carbonyl (C=O) groups is 2. The van der Waals surface area contributed by atoms with Crippen molar-refractivity contribution in [2.45, 2.75) is 38.6 Å². The standard InChI is InChI=1S/C23H27ClN2O3/c1-17-6-2-3-9-21(17)29-15-5-10-22(27)26-13-11-20(12-14-26)25-23(28)18-7-4-8-19(24)16-18/h2-4,6-9,16,20H,5,10-15H2,1H3,(H,25,28). The van der Waals surface area contributed by atoms with Gasteiger partial charge in [0.1, 0.15) is 5.75 Å². The van der Waals surface area contributed by atoms with Gasteiger partial charge >= 0.3 is 0 Å². The summed E-state index contributed by atoms with van der Waals surface area (Å²) in [5.74, 6) is 0.903. The third kappa shape index (κ3) is 6.23. The number of hydrogen-bond acceptors (Lipinski definition) is 3. The number of ether oxygens (including phenoxy) is 1. The number of aryl methyl sites for hydroxylation is 1. The van der Waals surface area contributed by atoms with Gasteiger partial charge in [0.2, 0.25) is 5.91 Å². The monoisotopic (exact) mass is 414 g/mol. The Morgan fingerprint density at radius 2 is 1.90 bits per heavy atom. The molecule has 0 aromatic heterocycles. The number of hydrogen-bond donors (Lipinski definition) is 1. The molecule has 0 unspecified atom stereocenters. The molecule has 0 saturated carbocycles. The van der Waals surface area contributed by atoms with Gasteiger partial charge in [0.15, 0.2) is 0 Å². The van der Waals surface area contributed by atoms with Crippen LogP contribution in [0.2, 0.25) is 5.02 Å². The van der Waals surface area contributed by atoms with E-state index in [0.29, 0.717) is 43.1 Å². The smallest absolute Gasteiger partial charge is 0.251 e. The minimum atomic E-state index is -0.120. The predicted molar refractivity (Wildman–Crippen MR) is 114 cm³/mol. The highest BCUT2D eigenvalue weighted by atomic mass is 35.5. The maximum Gasteiger partial charge on any atom is 0.251 e. The van der Waals surface area contributed by atoms with Crippen molar-refractivity contribution < 1.29 is 14.3 Å². The van der Waals surface area contributed by atoms with Crippen molar-refractivity contribution in [2.75, 3.05) is 19.7 Å². The summed E-state index contributed by atoms with van der Waals surface area (Å²) in [4.78, 5) is 26.6. The van der Waals surface area contributed by atoms with E-state index in [-0.39, 0.29) is 17.9 Å². The maximum absolute atomic E-state index is 12.4. The molecule has 0 aliphatic carbocycles. The van der Waals surface area contributed by atoms with Crippen LogP contribution in [0, 0.1) is 6.92 Å². The second kappa shape index (κ2) is 10.3. The summed E-state index contributed by atoms with van der Waals surface area (Å²) in [5, 5.41) is 3.59. The van der Waals surface area contributed by atoms with Gasteiger partial charge in [-0.2, -0.15) is 0 Å². The van der Waals surface area contributed by atoms with E-state index in [1.54, 1.807) is 24.3 Å². The van der Waals surface area contributed by atoms with Gasteiger partial charge in [0, 0.05) is 36.1 Å². The Kier molecular flexibility index (Phi) is 7.53. The SMILES string of the molecule is Cc1ccccc1OCCCC(=O)N1CCC(NC(=O)c2cccc(Cl)c2)CC1. The lowest BCUT2D eigenvalue weighted by molar-refractivity contribution is -0.132. The van der Waals surface area contributed by atoms with E-state index < -0.39 is 0 Å². The number of amides is 2. The Labute approximate surface area is 177 Å². The zero-order chi connectivity index (χ0) is 20.6. The summed E-state index contributed by atoms with van der Waals surface area (Å²) in [6.07, 6.45) is 2.69. The van der Waals surface area contributed by atoms with Crippen LogP contribution in [0.25, 0.3) is 0 Å². The highest BCUT2D eigenvalue weighted by Gasteiger charge is 2.24. The number of rotatable bonds is 7. The van der Waals surface area contributed by atoms with Gasteiger partial charge in [-0.25, -0.2) is 0 Å². The second-order valence-electron chi connectivity index (χ2n) is 7.36. The Balaban J connectivity index is 1.36. The molecule has 6 heteroatoms. The normalized spacial score (nSPS) is 14.5. The van der Waals surface area contributed by atoms with Crippen LogP contribution < -0.4 is 10.1 Å². The number of para-hydroxylation sites is 1. The number of nitrogens with zero attached hydrogens (tertiary/aromatic N) is 1. The molecular weight excluding hydrogens is 388 g/mol. The van der Waals surface area contributed by atoms with Gasteiger partial charge in [-0.15, -0.1) is 0 Å². The highest BCUT2D eigenvalue weighted by molar-refractivity contribution is 6.30. The summed E-state index contributed by atoms with van der Waals surface area (Å²) in [6.45, 7) is 3.87. The lowest BCUT2D eigenvalue weighted by atomic mass is 10.0. The third-order valence-corrected chi connectivity index (χ3v) is 5.39. The predicted octanol–water partition coefficient (Wildman–Crippen LogP) is 4.23. The van der Waals surface area contributed by atoms with Crippen molar-refractivity contribution in [3.05, 3.63) is 64.7 Å². The van der Waals surface area contributed by atoms with Crippen molar-refractivity contribution >= 4 is 23.4 Å². The summed E-state index contributed by atoms with van der Waals surface area (Å²) in [6, 6.07) is 14.9. The molecule has 5 nitrogen and oxygen atoms in total. The topological polar surface area (TPSA) is 58.6 Å². The van der Waals surface area contributed by atoms with E-state index in [1.807, 2.05) is 36.1 Å². The molecule has 1 aliphatic heterocycles. The van der Waals surface area contributed by atoms with Crippen LogP contribution in [0.4, 0.5) is 0 Å². The lowest BCUT2D eigenvalue weighted by Gasteiger charge is -2.32. The molecule has 154 valence electrons.